The summed E-state index contributed by atoms with van der Waals surface area (Å²) in [6.07, 6.45) is 0. The quantitative estimate of drug-likeness (QED) is 0.631. The minimum Gasteiger partial charge on any atom is -0.493 e. The van der Waals surface area contributed by atoms with Crippen LogP contribution in [0.15, 0.2) is 12.1 Å². The predicted molar refractivity (Wildman–Crippen MR) is 80.0 cm³/mol. The summed E-state index contributed by atoms with van der Waals surface area (Å²) < 4.78 is 35.5. The van der Waals surface area contributed by atoms with E-state index in [0.717, 1.165) is 0 Å². The lowest BCUT2D eigenvalue weighted by Crippen LogP contribution is -2.41. The van der Waals surface area contributed by atoms with Gasteiger partial charge in [0.1, 0.15) is 5.56 Å². The van der Waals surface area contributed by atoms with E-state index in [0.29, 0.717) is 5.46 Å². The SMILES string of the molecule is COC(=O)c1cc(B2OC(C)(C)C(C)(C)O2)cc(F)c1OC. The van der Waals surface area contributed by atoms with E-state index in [1.807, 2.05) is 27.7 Å². The van der Waals surface area contributed by atoms with E-state index < -0.39 is 30.1 Å². The lowest BCUT2D eigenvalue weighted by atomic mass is 9.78. The molecule has 1 aromatic rings. The fraction of sp³-hybridized carbons (Fsp3) is 0.533. The van der Waals surface area contributed by atoms with Crippen molar-refractivity contribution in [2.45, 2.75) is 38.9 Å². The Bertz CT molecular complexity index is 584. The van der Waals surface area contributed by atoms with Gasteiger partial charge in [0, 0.05) is 0 Å². The normalized spacial score (nSPS) is 19.1. The van der Waals surface area contributed by atoms with E-state index in [2.05, 4.69) is 4.74 Å². The maximum absolute atomic E-state index is 14.2. The zero-order valence-corrected chi connectivity index (χ0v) is 13.7. The summed E-state index contributed by atoms with van der Waals surface area (Å²) in [5.74, 6) is -1.52. The third-order valence-electron chi connectivity index (χ3n) is 4.20. The van der Waals surface area contributed by atoms with E-state index >= 15 is 0 Å². The van der Waals surface area contributed by atoms with E-state index in [4.69, 9.17) is 14.0 Å². The van der Waals surface area contributed by atoms with Crippen molar-refractivity contribution in [2.75, 3.05) is 14.2 Å². The molecule has 0 bridgehead atoms. The molecular formula is C15H20BFO5. The summed E-state index contributed by atoms with van der Waals surface area (Å²) >= 11 is 0. The fourth-order valence-electron chi connectivity index (χ4n) is 2.20. The standard InChI is InChI=1S/C15H20BFO5/c1-14(2)15(3,4)22-16(21-14)9-7-10(13(18)20-6)12(19-5)11(17)8-9/h7-8H,1-6H3. The highest BCUT2D eigenvalue weighted by atomic mass is 19.1. The van der Waals surface area contributed by atoms with Gasteiger partial charge in [-0.15, -0.1) is 0 Å². The third-order valence-corrected chi connectivity index (χ3v) is 4.20. The van der Waals surface area contributed by atoms with Gasteiger partial charge in [0.15, 0.2) is 11.6 Å². The number of esters is 1. The summed E-state index contributed by atoms with van der Waals surface area (Å²) in [6.45, 7) is 7.59. The number of methoxy groups -OCH3 is 2. The van der Waals surface area contributed by atoms with Gasteiger partial charge >= 0.3 is 13.1 Å². The molecule has 0 amide bonds. The molecule has 0 N–H and O–H groups in total. The molecular weight excluding hydrogens is 290 g/mol. The van der Waals surface area contributed by atoms with Crippen LogP contribution in [0.1, 0.15) is 38.1 Å². The molecule has 0 radical (unpaired) electrons. The van der Waals surface area contributed by atoms with Crippen LogP contribution >= 0.6 is 0 Å². The molecule has 22 heavy (non-hydrogen) atoms. The van der Waals surface area contributed by atoms with Gasteiger partial charge in [-0.25, -0.2) is 9.18 Å². The van der Waals surface area contributed by atoms with E-state index in [1.54, 1.807) is 0 Å². The van der Waals surface area contributed by atoms with Crippen LogP contribution in [-0.4, -0.2) is 38.5 Å². The van der Waals surface area contributed by atoms with E-state index in [-0.39, 0.29) is 11.3 Å². The first kappa shape index (κ1) is 16.8. The number of rotatable bonds is 3. The monoisotopic (exact) mass is 310 g/mol. The number of hydrogen-bond donors (Lipinski definition) is 0. The Balaban J connectivity index is 2.46. The van der Waals surface area contributed by atoms with Crippen molar-refractivity contribution in [1.82, 2.24) is 0 Å². The molecule has 1 aromatic carbocycles. The van der Waals surface area contributed by atoms with Gasteiger partial charge in [-0.2, -0.15) is 0 Å². The van der Waals surface area contributed by atoms with Gasteiger partial charge in [-0.1, -0.05) is 0 Å². The van der Waals surface area contributed by atoms with Crippen molar-refractivity contribution in [3.05, 3.63) is 23.5 Å². The Morgan fingerprint density at radius 2 is 1.68 bits per heavy atom. The minimum atomic E-state index is -0.770. The highest BCUT2D eigenvalue weighted by Gasteiger charge is 2.52. The van der Waals surface area contributed by atoms with Crippen molar-refractivity contribution in [3.8, 4) is 5.75 Å². The second-order valence-electron chi connectivity index (χ2n) is 6.16. The number of ether oxygens (including phenoxy) is 2. The van der Waals surface area contributed by atoms with Crippen LogP contribution in [0.4, 0.5) is 4.39 Å². The fourth-order valence-corrected chi connectivity index (χ4v) is 2.20. The molecule has 7 heteroatoms. The number of halogens is 1. The van der Waals surface area contributed by atoms with Crippen LogP contribution in [0.2, 0.25) is 0 Å². The van der Waals surface area contributed by atoms with Crippen LogP contribution in [0.5, 0.6) is 5.75 Å². The summed E-state index contributed by atoms with van der Waals surface area (Å²) in [6, 6.07) is 2.71. The summed E-state index contributed by atoms with van der Waals surface area (Å²) in [7, 11) is 1.74. The number of carbonyl (C=O) groups is 1. The maximum Gasteiger partial charge on any atom is 0.494 e. The largest absolute Gasteiger partial charge is 0.494 e. The van der Waals surface area contributed by atoms with Crippen LogP contribution in [0.25, 0.3) is 0 Å². The minimum absolute atomic E-state index is 0.00490. The average molecular weight is 310 g/mol. The van der Waals surface area contributed by atoms with Crippen LogP contribution < -0.4 is 10.2 Å². The molecule has 0 spiro atoms. The second kappa shape index (κ2) is 5.55. The van der Waals surface area contributed by atoms with Crippen molar-refractivity contribution in [3.63, 3.8) is 0 Å². The lowest BCUT2D eigenvalue weighted by Gasteiger charge is -2.32. The van der Waals surface area contributed by atoms with Crippen LogP contribution in [0.3, 0.4) is 0 Å². The Kier molecular flexibility index (Phi) is 4.23. The molecule has 1 fully saturated rings. The van der Waals surface area contributed by atoms with Gasteiger partial charge in [0.25, 0.3) is 0 Å². The molecule has 0 atom stereocenters. The summed E-state index contributed by atoms with van der Waals surface area (Å²) in [5.41, 5.74) is -0.717. The highest BCUT2D eigenvalue weighted by molar-refractivity contribution is 6.62. The first-order valence-corrected chi connectivity index (χ1v) is 6.94. The predicted octanol–water partition coefficient (Wildman–Crippen LogP) is 1.92. The van der Waals surface area contributed by atoms with E-state index in [9.17, 15) is 9.18 Å². The summed E-state index contributed by atoms with van der Waals surface area (Å²) in [5, 5.41) is 0. The summed E-state index contributed by atoms with van der Waals surface area (Å²) in [4.78, 5) is 11.8. The Hall–Kier alpha value is -1.60. The molecule has 0 unspecified atom stereocenters. The topological polar surface area (TPSA) is 54.0 Å². The van der Waals surface area contributed by atoms with E-state index in [1.165, 1.54) is 26.4 Å². The molecule has 0 aliphatic carbocycles. The van der Waals surface area contributed by atoms with Gasteiger partial charge in [-0.3, -0.25) is 0 Å². The number of benzene rings is 1. The molecule has 1 saturated heterocycles. The first-order valence-electron chi connectivity index (χ1n) is 6.94. The van der Waals surface area contributed by atoms with Gasteiger partial charge in [-0.05, 0) is 45.3 Å². The number of carbonyl (C=O) groups excluding carboxylic acids is 1. The molecule has 5 nitrogen and oxygen atoms in total. The lowest BCUT2D eigenvalue weighted by molar-refractivity contribution is 0.00578. The third kappa shape index (κ3) is 2.70. The molecule has 1 heterocycles. The van der Waals surface area contributed by atoms with Crippen molar-refractivity contribution in [1.29, 1.82) is 0 Å². The van der Waals surface area contributed by atoms with Gasteiger partial charge in [0.2, 0.25) is 0 Å². The number of hydrogen-bond acceptors (Lipinski definition) is 5. The van der Waals surface area contributed by atoms with Crippen molar-refractivity contribution in [2.24, 2.45) is 0 Å². The smallest absolute Gasteiger partial charge is 0.493 e. The molecule has 0 saturated carbocycles. The van der Waals surface area contributed by atoms with Crippen molar-refractivity contribution >= 4 is 18.6 Å². The Labute approximate surface area is 129 Å². The zero-order chi connectivity index (χ0) is 16.7. The average Bonchev–Trinajstić information content (AvgIpc) is 2.65. The van der Waals surface area contributed by atoms with Crippen molar-refractivity contribution < 1.29 is 28.0 Å². The molecule has 1 aliphatic rings. The maximum atomic E-state index is 14.2. The van der Waals surface area contributed by atoms with Crippen LogP contribution in [0, 0.1) is 5.82 Å². The van der Waals surface area contributed by atoms with Crippen LogP contribution in [-0.2, 0) is 14.0 Å². The van der Waals surface area contributed by atoms with Gasteiger partial charge in [0.05, 0.1) is 25.4 Å². The molecule has 1 aliphatic heterocycles. The van der Waals surface area contributed by atoms with Gasteiger partial charge < -0.3 is 18.8 Å². The zero-order valence-electron chi connectivity index (χ0n) is 13.7. The molecule has 120 valence electrons. The molecule has 0 aromatic heterocycles. The second-order valence-corrected chi connectivity index (χ2v) is 6.16. The Morgan fingerprint density at radius 1 is 1.14 bits per heavy atom. The highest BCUT2D eigenvalue weighted by Crippen LogP contribution is 2.37. The molecule has 2 rings (SSSR count). The first-order chi connectivity index (χ1) is 10.1. The Morgan fingerprint density at radius 3 is 2.14 bits per heavy atom.